The Morgan fingerprint density at radius 3 is 2.50 bits per heavy atom. The van der Waals surface area contributed by atoms with Crippen molar-refractivity contribution in [2.24, 2.45) is 5.73 Å². The molecular weight excluding hydrogens is 282 g/mol. The largest absolute Gasteiger partial charge is 0.461 e. The number of benzene rings is 1. The van der Waals surface area contributed by atoms with Crippen molar-refractivity contribution in [3.05, 3.63) is 29.8 Å². The minimum Gasteiger partial charge on any atom is -0.461 e. The van der Waals surface area contributed by atoms with E-state index in [9.17, 15) is 15.3 Å². The van der Waals surface area contributed by atoms with E-state index >= 15 is 0 Å². The second kappa shape index (κ2) is 6.02. The van der Waals surface area contributed by atoms with E-state index in [1.165, 1.54) is 0 Å². The maximum Gasteiger partial charge on any atom is 0.229 e. The van der Waals surface area contributed by atoms with Gasteiger partial charge in [-0.05, 0) is 19.1 Å². The van der Waals surface area contributed by atoms with Crippen LogP contribution < -0.4 is 10.5 Å². The van der Waals surface area contributed by atoms with E-state index in [0.29, 0.717) is 11.3 Å². The van der Waals surface area contributed by atoms with Crippen LogP contribution in [0.2, 0.25) is 0 Å². The molecule has 1 aliphatic heterocycles. The maximum atomic E-state index is 9.89. The number of hydrogen-bond donors (Lipinski definition) is 4. The first-order chi connectivity index (χ1) is 9.41. The second-order valence-corrected chi connectivity index (χ2v) is 5.10. The van der Waals surface area contributed by atoms with E-state index < -0.39 is 30.7 Å². The number of hydrogen-bond acceptors (Lipinski definition) is 6. The molecule has 0 amide bonds. The summed E-state index contributed by atoms with van der Waals surface area (Å²) in [6.45, 7) is 1.58. The molecule has 0 aliphatic carbocycles. The molecule has 0 saturated carbocycles. The molecular formula is C13H17NO5S. The van der Waals surface area contributed by atoms with Crippen molar-refractivity contribution in [3.8, 4) is 5.75 Å². The number of rotatable bonds is 3. The van der Waals surface area contributed by atoms with E-state index in [4.69, 9.17) is 27.4 Å². The Labute approximate surface area is 121 Å². The van der Waals surface area contributed by atoms with Gasteiger partial charge in [0.2, 0.25) is 6.29 Å². The zero-order valence-corrected chi connectivity index (χ0v) is 11.7. The number of aliphatic hydroxyl groups is 3. The molecule has 1 fully saturated rings. The molecule has 0 bridgehead atoms. The predicted octanol–water partition coefficient (Wildman–Crippen LogP) is -0.473. The SMILES string of the molecule is C[C@@H]1O[C@@H](Oc2ccccc2C(N)=S)[C@@H](O)[C@H](O)[C@@H]1O. The fourth-order valence-corrected chi connectivity index (χ4v) is 2.18. The monoisotopic (exact) mass is 299 g/mol. The summed E-state index contributed by atoms with van der Waals surface area (Å²) in [5.41, 5.74) is 6.10. The van der Waals surface area contributed by atoms with Gasteiger partial charge in [0, 0.05) is 0 Å². The summed E-state index contributed by atoms with van der Waals surface area (Å²) in [6, 6.07) is 6.79. The van der Waals surface area contributed by atoms with Crippen LogP contribution >= 0.6 is 12.2 Å². The molecule has 110 valence electrons. The lowest BCUT2D eigenvalue weighted by atomic mass is 10.00. The minimum atomic E-state index is -1.37. The normalized spacial score (nSPS) is 33.7. The fraction of sp³-hybridized carbons (Fsp3) is 0.462. The highest BCUT2D eigenvalue weighted by Gasteiger charge is 2.43. The molecule has 1 saturated heterocycles. The van der Waals surface area contributed by atoms with Gasteiger partial charge in [-0.2, -0.15) is 0 Å². The number of ether oxygens (including phenoxy) is 2. The van der Waals surface area contributed by atoms with Gasteiger partial charge in [0.15, 0.2) is 0 Å². The molecule has 5 atom stereocenters. The Kier molecular flexibility index (Phi) is 4.56. The molecule has 0 aromatic heterocycles. The van der Waals surface area contributed by atoms with E-state index in [0.717, 1.165) is 0 Å². The number of nitrogens with two attached hydrogens (primary N) is 1. The van der Waals surface area contributed by atoms with Crippen LogP contribution in [0.25, 0.3) is 0 Å². The molecule has 5 N–H and O–H groups in total. The van der Waals surface area contributed by atoms with Crippen LogP contribution in [0.5, 0.6) is 5.75 Å². The molecule has 20 heavy (non-hydrogen) atoms. The lowest BCUT2D eigenvalue weighted by Gasteiger charge is -2.39. The first-order valence-electron chi connectivity index (χ1n) is 6.17. The summed E-state index contributed by atoms with van der Waals surface area (Å²) in [6.07, 6.45) is -5.67. The number of thiocarbonyl (C=S) groups is 1. The number of aliphatic hydroxyl groups excluding tert-OH is 3. The van der Waals surface area contributed by atoms with Gasteiger partial charge < -0.3 is 30.5 Å². The third kappa shape index (κ3) is 2.92. The molecule has 2 rings (SSSR count). The molecule has 7 heteroatoms. The van der Waals surface area contributed by atoms with Gasteiger partial charge in [-0.3, -0.25) is 0 Å². The summed E-state index contributed by atoms with van der Waals surface area (Å²) < 4.78 is 10.9. The van der Waals surface area contributed by atoms with Gasteiger partial charge in [-0.15, -0.1) is 0 Å². The molecule has 1 aromatic carbocycles. The minimum absolute atomic E-state index is 0.152. The molecule has 1 aromatic rings. The van der Waals surface area contributed by atoms with Gasteiger partial charge in [0.25, 0.3) is 0 Å². The van der Waals surface area contributed by atoms with Crippen molar-refractivity contribution >= 4 is 17.2 Å². The Morgan fingerprint density at radius 1 is 1.20 bits per heavy atom. The topological polar surface area (TPSA) is 105 Å². The Balaban J connectivity index is 2.20. The maximum absolute atomic E-state index is 9.89. The third-order valence-corrected chi connectivity index (χ3v) is 3.42. The van der Waals surface area contributed by atoms with E-state index in [2.05, 4.69) is 0 Å². The zero-order chi connectivity index (χ0) is 14.9. The van der Waals surface area contributed by atoms with Gasteiger partial charge in [0.05, 0.1) is 11.7 Å². The smallest absolute Gasteiger partial charge is 0.229 e. The lowest BCUT2D eigenvalue weighted by molar-refractivity contribution is -0.268. The highest BCUT2D eigenvalue weighted by Crippen LogP contribution is 2.26. The van der Waals surface area contributed by atoms with E-state index in [-0.39, 0.29) is 4.99 Å². The van der Waals surface area contributed by atoms with Crippen molar-refractivity contribution in [3.63, 3.8) is 0 Å². The summed E-state index contributed by atoms with van der Waals surface area (Å²) >= 11 is 4.92. The third-order valence-electron chi connectivity index (χ3n) is 3.20. The molecule has 0 spiro atoms. The predicted molar refractivity (Wildman–Crippen MR) is 75.3 cm³/mol. The van der Waals surface area contributed by atoms with Crippen molar-refractivity contribution in [1.82, 2.24) is 0 Å². The standard InChI is InChI=1S/C13H17NO5S/c1-6-9(15)10(16)11(17)13(18-6)19-8-5-3-2-4-7(8)12(14)20/h2-6,9-11,13,15-17H,1H3,(H2,14,20)/t6-,9+,10+,11-,13-/m0/s1. The van der Waals surface area contributed by atoms with Crippen molar-refractivity contribution in [1.29, 1.82) is 0 Å². The molecule has 0 radical (unpaired) electrons. The average molecular weight is 299 g/mol. The van der Waals surface area contributed by atoms with Crippen LogP contribution in [-0.2, 0) is 4.74 Å². The van der Waals surface area contributed by atoms with Gasteiger partial charge in [-0.25, -0.2) is 0 Å². The van der Waals surface area contributed by atoms with E-state index in [1.54, 1.807) is 31.2 Å². The summed E-state index contributed by atoms with van der Waals surface area (Å²) in [5.74, 6) is 0.347. The van der Waals surface area contributed by atoms with Crippen molar-refractivity contribution in [2.45, 2.75) is 37.6 Å². The average Bonchev–Trinajstić information content (AvgIpc) is 2.43. The first kappa shape index (κ1) is 15.1. The van der Waals surface area contributed by atoms with E-state index in [1.807, 2.05) is 0 Å². The van der Waals surface area contributed by atoms with Gasteiger partial charge in [0.1, 0.15) is 29.0 Å². The summed E-state index contributed by atoms with van der Waals surface area (Å²) in [4.78, 5) is 0.152. The quantitative estimate of drug-likeness (QED) is 0.559. The Morgan fingerprint density at radius 2 is 1.85 bits per heavy atom. The Bertz CT molecular complexity index is 497. The molecule has 0 unspecified atom stereocenters. The highest BCUT2D eigenvalue weighted by atomic mass is 32.1. The van der Waals surface area contributed by atoms with Gasteiger partial charge >= 0.3 is 0 Å². The molecule has 1 aliphatic rings. The molecule has 1 heterocycles. The Hall–Kier alpha value is -1.25. The zero-order valence-electron chi connectivity index (χ0n) is 10.8. The van der Waals surface area contributed by atoms with Crippen LogP contribution in [0.1, 0.15) is 12.5 Å². The summed E-state index contributed by atoms with van der Waals surface area (Å²) in [5, 5.41) is 29.2. The van der Waals surface area contributed by atoms with Crippen LogP contribution in [0.4, 0.5) is 0 Å². The van der Waals surface area contributed by atoms with Crippen LogP contribution in [0.15, 0.2) is 24.3 Å². The van der Waals surface area contributed by atoms with Crippen molar-refractivity contribution < 1.29 is 24.8 Å². The molecule has 6 nitrogen and oxygen atoms in total. The van der Waals surface area contributed by atoms with Crippen LogP contribution in [-0.4, -0.2) is 51.0 Å². The lowest BCUT2D eigenvalue weighted by Crippen LogP contribution is -2.58. The van der Waals surface area contributed by atoms with Gasteiger partial charge in [-0.1, -0.05) is 24.4 Å². The summed E-state index contributed by atoms with van der Waals surface area (Å²) in [7, 11) is 0. The first-order valence-corrected chi connectivity index (χ1v) is 6.57. The van der Waals surface area contributed by atoms with Crippen LogP contribution in [0.3, 0.4) is 0 Å². The highest BCUT2D eigenvalue weighted by molar-refractivity contribution is 7.80. The fourth-order valence-electron chi connectivity index (χ4n) is 2.01. The number of para-hydroxylation sites is 1. The second-order valence-electron chi connectivity index (χ2n) is 4.66. The van der Waals surface area contributed by atoms with Crippen LogP contribution in [0, 0.1) is 0 Å². The van der Waals surface area contributed by atoms with Crippen molar-refractivity contribution in [2.75, 3.05) is 0 Å².